The Morgan fingerprint density at radius 1 is 1.36 bits per heavy atom. The maximum atomic E-state index is 13.1. The highest BCUT2D eigenvalue weighted by atomic mass is 19.1. The maximum Gasteiger partial charge on any atom is 0.410 e. The van der Waals surface area contributed by atoms with Crippen LogP contribution in [-0.4, -0.2) is 36.7 Å². The third kappa shape index (κ3) is 4.19. The molecule has 122 valence electrons. The van der Waals surface area contributed by atoms with Crippen LogP contribution in [0.25, 0.3) is 0 Å². The number of carbonyl (C=O) groups excluding carboxylic acids is 1. The number of rotatable bonds is 3. The van der Waals surface area contributed by atoms with Crippen LogP contribution in [0, 0.1) is 11.7 Å². The second-order valence-electron chi connectivity index (χ2n) is 6.79. The molecule has 0 bridgehead atoms. The number of carbonyl (C=O) groups is 1. The highest BCUT2D eigenvalue weighted by molar-refractivity contribution is 5.68. The van der Waals surface area contributed by atoms with Gasteiger partial charge in [-0.25, -0.2) is 9.18 Å². The second-order valence-corrected chi connectivity index (χ2v) is 6.79. The zero-order chi connectivity index (χ0) is 16.3. The maximum absolute atomic E-state index is 13.1. The van der Waals surface area contributed by atoms with E-state index in [-0.39, 0.29) is 18.0 Å². The zero-order valence-corrected chi connectivity index (χ0v) is 13.7. The van der Waals surface area contributed by atoms with Crippen molar-refractivity contribution in [2.75, 3.05) is 20.1 Å². The summed E-state index contributed by atoms with van der Waals surface area (Å²) >= 11 is 0. The molecule has 1 aliphatic rings. The van der Waals surface area contributed by atoms with Gasteiger partial charge in [-0.2, -0.15) is 0 Å². The van der Waals surface area contributed by atoms with E-state index < -0.39 is 5.60 Å². The van der Waals surface area contributed by atoms with E-state index in [1.54, 1.807) is 17.0 Å². The molecular weight excluding hydrogens is 283 g/mol. The first-order valence-corrected chi connectivity index (χ1v) is 7.71. The zero-order valence-electron chi connectivity index (χ0n) is 13.7. The molecule has 2 unspecified atom stereocenters. The van der Waals surface area contributed by atoms with E-state index in [9.17, 15) is 9.18 Å². The van der Waals surface area contributed by atoms with Crippen molar-refractivity contribution in [2.45, 2.75) is 38.8 Å². The molecule has 0 saturated carbocycles. The van der Waals surface area contributed by atoms with E-state index in [2.05, 4.69) is 5.32 Å². The number of likely N-dealkylation sites (tertiary alicyclic amines) is 1. The molecular formula is C17H25FN2O2. The van der Waals surface area contributed by atoms with Crippen molar-refractivity contribution in [2.24, 2.45) is 5.92 Å². The third-order valence-corrected chi connectivity index (χ3v) is 3.89. The SMILES string of the molecule is CNC(c1ccc(F)cc1)C1CCN(C(=O)OC(C)(C)C)C1. The lowest BCUT2D eigenvalue weighted by molar-refractivity contribution is 0.0285. The number of amides is 1. The number of hydrogen-bond donors (Lipinski definition) is 1. The summed E-state index contributed by atoms with van der Waals surface area (Å²) in [5.41, 5.74) is 0.564. The largest absolute Gasteiger partial charge is 0.444 e. The lowest BCUT2D eigenvalue weighted by atomic mass is 9.92. The predicted octanol–water partition coefficient (Wildman–Crippen LogP) is 3.34. The van der Waals surface area contributed by atoms with Crippen molar-refractivity contribution in [3.8, 4) is 0 Å². The molecule has 1 fully saturated rings. The van der Waals surface area contributed by atoms with Gasteiger partial charge in [0, 0.05) is 19.1 Å². The molecule has 0 spiro atoms. The van der Waals surface area contributed by atoms with Gasteiger partial charge in [-0.15, -0.1) is 0 Å². The standard InChI is InChI=1S/C17H25FN2O2/c1-17(2,3)22-16(21)20-10-9-13(11-20)15(19-4)12-5-7-14(18)8-6-12/h5-8,13,15,19H,9-11H2,1-4H3. The van der Waals surface area contributed by atoms with Crippen LogP contribution in [0.2, 0.25) is 0 Å². The topological polar surface area (TPSA) is 41.6 Å². The lowest BCUT2D eigenvalue weighted by Crippen LogP contribution is -2.36. The molecule has 1 aliphatic heterocycles. The van der Waals surface area contributed by atoms with Crippen LogP contribution in [0.1, 0.15) is 38.8 Å². The fraction of sp³-hybridized carbons (Fsp3) is 0.588. The number of hydrogen-bond acceptors (Lipinski definition) is 3. The minimum atomic E-state index is -0.478. The van der Waals surface area contributed by atoms with Gasteiger partial charge in [0.1, 0.15) is 11.4 Å². The molecule has 22 heavy (non-hydrogen) atoms. The first-order chi connectivity index (χ1) is 10.3. The normalized spacial score (nSPS) is 20.0. The summed E-state index contributed by atoms with van der Waals surface area (Å²) in [7, 11) is 1.89. The van der Waals surface area contributed by atoms with Crippen molar-refractivity contribution >= 4 is 6.09 Å². The highest BCUT2D eigenvalue weighted by Gasteiger charge is 2.34. The molecule has 0 aromatic heterocycles. The van der Waals surface area contributed by atoms with Gasteiger partial charge in [0.05, 0.1) is 0 Å². The van der Waals surface area contributed by atoms with Crippen LogP contribution in [0.5, 0.6) is 0 Å². The summed E-state index contributed by atoms with van der Waals surface area (Å²) in [5.74, 6) is 0.0587. The van der Waals surface area contributed by atoms with Crippen molar-refractivity contribution in [1.29, 1.82) is 0 Å². The Bertz CT molecular complexity index is 510. The van der Waals surface area contributed by atoms with Crippen molar-refractivity contribution in [1.82, 2.24) is 10.2 Å². The Labute approximate surface area is 131 Å². The molecule has 1 N–H and O–H groups in total. The average Bonchev–Trinajstić information content (AvgIpc) is 2.89. The number of nitrogens with one attached hydrogen (secondary N) is 1. The summed E-state index contributed by atoms with van der Waals surface area (Å²) < 4.78 is 18.5. The first kappa shape index (κ1) is 16.7. The van der Waals surface area contributed by atoms with E-state index in [4.69, 9.17) is 4.74 Å². The molecule has 1 aromatic rings. The fourth-order valence-electron chi connectivity index (χ4n) is 2.90. The summed E-state index contributed by atoms with van der Waals surface area (Å²) in [6, 6.07) is 6.65. The Balaban J connectivity index is 2.01. The van der Waals surface area contributed by atoms with Crippen LogP contribution in [0.3, 0.4) is 0 Å². The Hall–Kier alpha value is -1.62. The number of ether oxygens (including phenoxy) is 1. The van der Waals surface area contributed by atoms with Crippen molar-refractivity contribution in [3.63, 3.8) is 0 Å². The summed E-state index contributed by atoms with van der Waals surface area (Å²) in [5, 5.41) is 3.29. The van der Waals surface area contributed by atoms with Crippen LogP contribution >= 0.6 is 0 Å². The Morgan fingerprint density at radius 2 is 2.00 bits per heavy atom. The van der Waals surface area contributed by atoms with E-state index in [0.717, 1.165) is 12.0 Å². The summed E-state index contributed by atoms with van der Waals surface area (Å²) in [6.07, 6.45) is 0.645. The van der Waals surface area contributed by atoms with E-state index >= 15 is 0 Å². The Morgan fingerprint density at radius 3 is 2.55 bits per heavy atom. The van der Waals surface area contributed by atoms with E-state index in [0.29, 0.717) is 19.0 Å². The molecule has 1 amide bonds. The molecule has 1 saturated heterocycles. The van der Waals surface area contributed by atoms with Crippen molar-refractivity contribution in [3.05, 3.63) is 35.6 Å². The van der Waals surface area contributed by atoms with E-state index in [1.807, 2.05) is 27.8 Å². The van der Waals surface area contributed by atoms with Gasteiger partial charge in [-0.3, -0.25) is 0 Å². The fourth-order valence-corrected chi connectivity index (χ4v) is 2.90. The second kappa shape index (κ2) is 6.65. The van der Waals surface area contributed by atoms with Crippen LogP contribution in [0.15, 0.2) is 24.3 Å². The van der Waals surface area contributed by atoms with Crippen LogP contribution in [0.4, 0.5) is 9.18 Å². The van der Waals surface area contributed by atoms with Gasteiger partial charge < -0.3 is 15.0 Å². The minimum absolute atomic E-state index is 0.105. The monoisotopic (exact) mass is 308 g/mol. The number of benzene rings is 1. The van der Waals surface area contributed by atoms with Crippen LogP contribution in [-0.2, 0) is 4.74 Å². The summed E-state index contributed by atoms with van der Waals surface area (Å²) in [6.45, 7) is 6.95. The van der Waals surface area contributed by atoms with Gasteiger partial charge >= 0.3 is 6.09 Å². The van der Waals surface area contributed by atoms with Gasteiger partial charge in [0.25, 0.3) is 0 Å². The lowest BCUT2D eigenvalue weighted by Gasteiger charge is -2.26. The molecule has 1 aromatic carbocycles. The van der Waals surface area contributed by atoms with Gasteiger partial charge in [-0.1, -0.05) is 12.1 Å². The molecule has 0 radical (unpaired) electrons. The summed E-state index contributed by atoms with van der Waals surface area (Å²) in [4.78, 5) is 13.9. The van der Waals surface area contributed by atoms with Gasteiger partial charge in [0.2, 0.25) is 0 Å². The first-order valence-electron chi connectivity index (χ1n) is 7.71. The molecule has 0 aliphatic carbocycles. The average molecular weight is 308 g/mol. The quantitative estimate of drug-likeness (QED) is 0.931. The minimum Gasteiger partial charge on any atom is -0.444 e. The molecule has 2 rings (SSSR count). The molecule has 4 nitrogen and oxygen atoms in total. The van der Waals surface area contributed by atoms with Crippen molar-refractivity contribution < 1.29 is 13.9 Å². The smallest absolute Gasteiger partial charge is 0.410 e. The predicted molar refractivity (Wildman–Crippen MR) is 84.1 cm³/mol. The number of nitrogens with zero attached hydrogens (tertiary/aromatic N) is 1. The molecule has 1 heterocycles. The number of halogens is 1. The van der Waals surface area contributed by atoms with Gasteiger partial charge in [-0.05, 0) is 57.9 Å². The molecule has 2 atom stereocenters. The van der Waals surface area contributed by atoms with Gasteiger partial charge in [0.15, 0.2) is 0 Å². The van der Waals surface area contributed by atoms with Crippen LogP contribution < -0.4 is 5.32 Å². The van der Waals surface area contributed by atoms with E-state index in [1.165, 1.54) is 12.1 Å². The Kier molecular flexibility index (Phi) is 5.06. The molecule has 5 heteroatoms. The third-order valence-electron chi connectivity index (χ3n) is 3.89. The highest BCUT2D eigenvalue weighted by Crippen LogP contribution is 2.30.